The smallest absolute Gasteiger partial charge is 0.366 e. The van der Waals surface area contributed by atoms with E-state index in [1.54, 1.807) is 31.0 Å². The predicted molar refractivity (Wildman–Crippen MR) is 71.7 cm³/mol. The number of anilines is 2. The summed E-state index contributed by atoms with van der Waals surface area (Å²) >= 11 is 0. The van der Waals surface area contributed by atoms with Crippen LogP contribution in [-0.4, -0.2) is 26.3 Å². The highest BCUT2D eigenvalue weighted by atomic mass is 19.4. The van der Waals surface area contributed by atoms with E-state index in [1.165, 1.54) is 0 Å². The van der Waals surface area contributed by atoms with Crippen LogP contribution in [0.15, 0.2) is 18.5 Å². The normalized spacial score (nSPS) is 11.5. The van der Waals surface area contributed by atoms with Gasteiger partial charge < -0.3 is 10.6 Å². The van der Waals surface area contributed by atoms with E-state index in [-0.39, 0.29) is 11.8 Å². The molecule has 21 heavy (non-hydrogen) atoms. The van der Waals surface area contributed by atoms with E-state index in [0.29, 0.717) is 13.1 Å². The summed E-state index contributed by atoms with van der Waals surface area (Å²) in [7, 11) is 1.76. The molecule has 2 heterocycles. The maximum Gasteiger partial charge on any atom is 0.433 e. The number of rotatable bonds is 5. The van der Waals surface area contributed by atoms with Crippen molar-refractivity contribution in [1.82, 2.24) is 19.7 Å². The van der Waals surface area contributed by atoms with Crippen molar-refractivity contribution in [2.75, 3.05) is 17.2 Å². The highest BCUT2D eigenvalue weighted by Crippen LogP contribution is 2.29. The predicted octanol–water partition coefficient (Wildman–Crippen LogP) is 2.27. The van der Waals surface area contributed by atoms with Gasteiger partial charge in [0, 0.05) is 38.0 Å². The Morgan fingerprint density at radius 1 is 1.24 bits per heavy atom. The second-order valence-corrected chi connectivity index (χ2v) is 4.37. The average Bonchev–Trinajstić information content (AvgIpc) is 2.81. The Hall–Kier alpha value is -2.32. The molecule has 0 radical (unpaired) electrons. The molecule has 0 saturated carbocycles. The van der Waals surface area contributed by atoms with E-state index < -0.39 is 11.9 Å². The van der Waals surface area contributed by atoms with Gasteiger partial charge in [-0.2, -0.15) is 23.3 Å². The Balaban J connectivity index is 2.19. The molecule has 0 aliphatic heterocycles. The molecular weight excluding hydrogens is 285 g/mol. The fourth-order valence-corrected chi connectivity index (χ4v) is 1.68. The minimum atomic E-state index is -4.52. The van der Waals surface area contributed by atoms with E-state index in [0.717, 1.165) is 11.6 Å². The van der Waals surface area contributed by atoms with Gasteiger partial charge in [-0.05, 0) is 6.92 Å². The summed E-state index contributed by atoms with van der Waals surface area (Å²) in [5, 5.41) is 9.51. The lowest BCUT2D eigenvalue weighted by atomic mass is 10.3. The van der Waals surface area contributed by atoms with Crippen LogP contribution in [0.25, 0.3) is 0 Å². The molecule has 0 aromatic carbocycles. The van der Waals surface area contributed by atoms with Crippen LogP contribution in [0.2, 0.25) is 0 Å². The summed E-state index contributed by atoms with van der Waals surface area (Å²) in [5.74, 6) is 0.0538. The van der Waals surface area contributed by atoms with Crippen LogP contribution in [0.1, 0.15) is 18.2 Å². The third-order valence-corrected chi connectivity index (χ3v) is 2.58. The molecule has 0 aliphatic carbocycles. The van der Waals surface area contributed by atoms with Gasteiger partial charge in [0.1, 0.15) is 5.82 Å². The van der Waals surface area contributed by atoms with Crippen LogP contribution >= 0.6 is 0 Å². The number of alkyl halides is 3. The molecular formula is C12H15F3N6. The fraction of sp³-hybridized carbons (Fsp3) is 0.417. The molecule has 0 amide bonds. The molecule has 0 atom stereocenters. The molecule has 2 aromatic heterocycles. The molecule has 0 bridgehead atoms. The summed E-state index contributed by atoms with van der Waals surface area (Å²) in [5.41, 5.74) is -0.142. The second-order valence-electron chi connectivity index (χ2n) is 4.37. The molecule has 114 valence electrons. The van der Waals surface area contributed by atoms with Gasteiger partial charge in [-0.15, -0.1) is 0 Å². The highest BCUT2D eigenvalue weighted by molar-refractivity contribution is 5.43. The molecule has 0 fully saturated rings. The highest BCUT2D eigenvalue weighted by Gasteiger charge is 2.33. The van der Waals surface area contributed by atoms with Crippen molar-refractivity contribution in [3.8, 4) is 0 Å². The van der Waals surface area contributed by atoms with Crippen LogP contribution < -0.4 is 10.6 Å². The number of nitrogens with one attached hydrogen (secondary N) is 2. The molecule has 2 rings (SSSR count). The van der Waals surface area contributed by atoms with Crippen LogP contribution in [0.4, 0.5) is 24.9 Å². The number of hydrogen-bond donors (Lipinski definition) is 2. The first-order valence-electron chi connectivity index (χ1n) is 6.30. The topological polar surface area (TPSA) is 67.7 Å². The largest absolute Gasteiger partial charge is 0.433 e. The maximum absolute atomic E-state index is 12.8. The van der Waals surface area contributed by atoms with Crippen molar-refractivity contribution in [3.05, 3.63) is 29.7 Å². The number of aryl methyl sites for hydroxylation is 1. The van der Waals surface area contributed by atoms with Gasteiger partial charge in [0.15, 0.2) is 5.69 Å². The Bertz CT molecular complexity index is 607. The quantitative estimate of drug-likeness (QED) is 0.886. The Kier molecular flexibility index (Phi) is 4.29. The van der Waals surface area contributed by atoms with Crippen LogP contribution in [0.5, 0.6) is 0 Å². The molecule has 0 saturated heterocycles. The molecule has 0 aliphatic rings. The lowest BCUT2D eigenvalue weighted by molar-refractivity contribution is -0.141. The van der Waals surface area contributed by atoms with Crippen molar-refractivity contribution < 1.29 is 13.2 Å². The molecule has 6 nitrogen and oxygen atoms in total. The standard InChI is InChI=1S/C12H15F3N6/c1-3-16-11-19-9(12(13,14)15)4-10(20-11)17-5-8-6-18-21(2)7-8/h4,6-7H,3,5H2,1-2H3,(H2,16,17,19,20). The molecule has 9 heteroatoms. The van der Waals surface area contributed by atoms with E-state index in [9.17, 15) is 13.2 Å². The third-order valence-electron chi connectivity index (χ3n) is 2.58. The molecule has 0 spiro atoms. The van der Waals surface area contributed by atoms with Gasteiger partial charge in [-0.25, -0.2) is 4.98 Å². The number of hydrogen-bond acceptors (Lipinski definition) is 5. The first kappa shape index (κ1) is 15.1. The van der Waals surface area contributed by atoms with Crippen LogP contribution in [0.3, 0.4) is 0 Å². The van der Waals surface area contributed by atoms with E-state index in [4.69, 9.17) is 0 Å². The molecule has 0 unspecified atom stereocenters. The Morgan fingerprint density at radius 3 is 2.57 bits per heavy atom. The summed E-state index contributed by atoms with van der Waals surface area (Å²) < 4.78 is 40.0. The molecule has 2 N–H and O–H groups in total. The first-order chi connectivity index (χ1) is 9.88. The lowest BCUT2D eigenvalue weighted by Gasteiger charge is -2.11. The molecule has 2 aromatic rings. The van der Waals surface area contributed by atoms with E-state index in [2.05, 4.69) is 25.7 Å². The van der Waals surface area contributed by atoms with Gasteiger partial charge >= 0.3 is 6.18 Å². The number of nitrogens with zero attached hydrogens (tertiary/aromatic N) is 4. The Morgan fingerprint density at radius 2 is 2.00 bits per heavy atom. The van der Waals surface area contributed by atoms with Gasteiger partial charge in [-0.1, -0.05) is 0 Å². The van der Waals surface area contributed by atoms with Gasteiger partial charge in [0.05, 0.1) is 6.20 Å². The van der Waals surface area contributed by atoms with Crippen molar-refractivity contribution in [2.45, 2.75) is 19.6 Å². The summed E-state index contributed by atoms with van der Waals surface area (Å²) in [6.07, 6.45) is -1.12. The van der Waals surface area contributed by atoms with Crippen LogP contribution in [0, 0.1) is 0 Å². The zero-order valence-corrected chi connectivity index (χ0v) is 11.6. The van der Waals surface area contributed by atoms with Crippen molar-refractivity contribution in [1.29, 1.82) is 0 Å². The minimum absolute atomic E-state index is 0.0546. The van der Waals surface area contributed by atoms with Gasteiger partial charge in [0.2, 0.25) is 5.95 Å². The minimum Gasteiger partial charge on any atom is -0.366 e. The monoisotopic (exact) mass is 300 g/mol. The van der Waals surface area contributed by atoms with Crippen molar-refractivity contribution in [2.24, 2.45) is 7.05 Å². The van der Waals surface area contributed by atoms with Gasteiger partial charge in [-0.3, -0.25) is 4.68 Å². The van der Waals surface area contributed by atoms with Gasteiger partial charge in [0.25, 0.3) is 0 Å². The van der Waals surface area contributed by atoms with Crippen molar-refractivity contribution >= 4 is 11.8 Å². The summed E-state index contributed by atoms with van der Waals surface area (Å²) in [6.45, 7) is 2.52. The van der Waals surface area contributed by atoms with Crippen LogP contribution in [-0.2, 0) is 19.8 Å². The number of halogens is 3. The zero-order chi connectivity index (χ0) is 15.5. The average molecular weight is 300 g/mol. The second kappa shape index (κ2) is 5.98. The summed E-state index contributed by atoms with van der Waals surface area (Å²) in [4.78, 5) is 7.45. The Labute approximate surface area is 119 Å². The summed E-state index contributed by atoms with van der Waals surface area (Å²) in [6, 6.07) is 0.886. The zero-order valence-electron chi connectivity index (χ0n) is 11.6. The lowest BCUT2D eigenvalue weighted by Crippen LogP contribution is -2.14. The third kappa shape index (κ3) is 4.07. The van der Waals surface area contributed by atoms with E-state index >= 15 is 0 Å². The fourth-order valence-electron chi connectivity index (χ4n) is 1.68. The maximum atomic E-state index is 12.8. The first-order valence-corrected chi connectivity index (χ1v) is 6.30. The number of aromatic nitrogens is 4. The van der Waals surface area contributed by atoms with Crippen molar-refractivity contribution in [3.63, 3.8) is 0 Å². The van der Waals surface area contributed by atoms with E-state index in [1.807, 2.05) is 0 Å². The SMILES string of the molecule is CCNc1nc(NCc2cnn(C)c2)cc(C(F)(F)F)n1.